The summed E-state index contributed by atoms with van der Waals surface area (Å²) in [5, 5.41) is 2.90. The molecule has 0 aliphatic rings. The van der Waals surface area contributed by atoms with Crippen LogP contribution in [0.5, 0.6) is 0 Å². The molecule has 1 rings (SSSR count). The summed E-state index contributed by atoms with van der Waals surface area (Å²) < 4.78 is 0. The van der Waals surface area contributed by atoms with E-state index in [2.05, 4.69) is 10.3 Å². The number of carbonyl (C=O) groups is 1. The highest BCUT2D eigenvalue weighted by molar-refractivity contribution is 5.76. The number of pyridine rings is 1. The third-order valence-corrected chi connectivity index (χ3v) is 1.99. The maximum Gasteiger partial charge on any atom is 0.220 e. The van der Waals surface area contributed by atoms with Crippen LogP contribution in [-0.4, -0.2) is 10.9 Å². The van der Waals surface area contributed by atoms with Crippen LogP contribution in [-0.2, 0) is 4.79 Å². The first-order valence-electron chi connectivity index (χ1n) is 4.94. The molecule has 0 unspecified atom stereocenters. The van der Waals surface area contributed by atoms with Gasteiger partial charge in [0.2, 0.25) is 5.91 Å². The van der Waals surface area contributed by atoms with Crippen molar-refractivity contribution in [2.75, 3.05) is 0 Å². The van der Waals surface area contributed by atoms with Gasteiger partial charge in [-0.25, -0.2) is 0 Å². The van der Waals surface area contributed by atoms with Gasteiger partial charge >= 0.3 is 0 Å². The minimum absolute atomic E-state index is 0.00440. The van der Waals surface area contributed by atoms with E-state index in [1.54, 1.807) is 6.20 Å². The van der Waals surface area contributed by atoms with Gasteiger partial charge in [-0.3, -0.25) is 9.78 Å². The summed E-state index contributed by atoms with van der Waals surface area (Å²) in [6.45, 7) is 3.93. The van der Waals surface area contributed by atoms with E-state index in [0.717, 1.165) is 12.1 Å². The minimum Gasteiger partial charge on any atom is -0.348 e. The van der Waals surface area contributed by atoms with Gasteiger partial charge in [-0.15, -0.1) is 0 Å². The number of nitrogens with zero attached hydrogens (tertiary/aromatic N) is 1. The Morgan fingerprint density at radius 1 is 1.57 bits per heavy atom. The molecule has 3 nitrogen and oxygen atoms in total. The monoisotopic (exact) mass is 192 g/mol. The summed E-state index contributed by atoms with van der Waals surface area (Å²) in [6.07, 6.45) is 3.19. The molecule has 1 N–H and O–H groups in total. The van der Waals surface area contributed by atoms with Crippen molar-refractivity contribution in [1.29, 1.82) is 0 Å². The molecule has 0 saturated heterocycles. The molecule has 0 aromatic carbocycles. The molecule has 1 aromatic rings. The molecule has 1 aromatic heterocycles. The Morgan fingerprint density at radius 2 is 2.36 bits per heavy atom. The number of hydrogen-bond acceptors (Lipinski definition) is 2. The van der Waals surface area contributed by atoms with Crippen LogP contribution in [0.1, 0.15) is 38.4 Å². The van der Waals surface area contributed by atoms with Gasteiger partial charge in [-0.2, -0.15) is 0 Å². The van der Waals surface area contributed by atoms with Gasteiger partial charge < -0.3 is 5.32 Å². The molecule has 0 bridgehead atoms. The van der Waals surface area contributed by atoms with Crippen LogP contribution >= 0.6 is 0 Å². The van der Waals surface area contributed by atoms with Gasteiger partial charge in [-0.05, 0) is 25.5 Å². The predicted molar refractivity (Wildman–Crippen MR) is 55.7 cm³/mol. The summed E-state index contributed by atoms with van der Waals surface area (Å²) in [7, 11) is 0. The second-order valence-corrected chi connectivity index (χ2v) is 3.29. The zero-order valence-corrected chi connectivity index (χ0v) is 8.66. The highest BCUT2D eigenvalue weighted by Gasteiger charge is 2.08. The summed E-state index contributed by atoms with van der Waals surface area (Å²) >= 11 is 0. The molecule has 0 saturated carbocycles. The molecule has 0 fully saturated rings. The van der Waals surface area contributed by atoms with Gasteiger partial charge in [0.25, 0.3) is 0 Å². The fourth-order valence-electron chi connectivity index (χ4n) is 1.25. The van der Waals surface area contributed by atoms with E-state index in [1.807, 2.05) is 32.0 Å². The molecule has 0 radical (unpaired) electrons. The summed E-state index contributed by atoms with van der Waals surface area (Å²) in [4.78, 5) is 15.5. The third kappa shape index (κ3) is 3.17. The van der Waals surface area contributed by atoms with Gasteiger partial charge in [0.05, 0.1) is 11.7 Å². The van der Waals surface area contributed by atoms with E-state index in [0.29, 0.717) is 6.42 Å². The lowest BCUT2D eigenvalue weighted by Gasteiger charge is -2.12. The normalized spacial score (nSPS) is 12.1. The lowest BCUT2D eigenvalue weighted by molar-refractivity contribution is -0.121. The van der Waals surface area contributed by atoms with Crippen molar-refractivity contribution in [1.82, 2.24) is 10.3 Å². The molecule has 1 amide bonds. The molecule has 14 heavy (non-hydrogen) atoms. The Morgan fingerprint density at radius 3 is 2.93 bits per heavy atom. The highest BCUT2D eigenvalue weighted by atomic mass is 16.1. The van der Waals surface area contributed by atoms with Gasteiger partial charge in [-0.1, -0.05) is 13.0 Å². The van der Waals surface area contributed by atoms with E-state index in [-0.39, 0.29) is 11.9 Å². The average Bonchev–Trinajstić information content (AvgIpc) is 2.19. The second-order valence-electron chi connectivity index (χ2n) is 3.29. The number of carbonyl (C=O) groups excluding carboxylic acids is 1. The van der Waals surface area contributed by atoms with Crippen LogP contribution < -0.4 is 5.32 Å². The molecule has 0 spiro atoms. The van der Waals surface area contributed by atoms with E-state index in [4.69, 9.17) is 0 Å². The molecular formula is C11H16N2O. The van der Waals surface area contributed by atoms with Crippen molar-refractivity contribution in [3.8, 4) is 0 Å². The van der Waals surface area contributed by atoms with Gasteiger partial charge in [0.15, 0.2) is 0 Å². The maximum atomic E-state index is 11.3. The van der Waals surface area contributed by atoms with Crippen LogP contribution in [0.3, 0.4) is 0 Å². The Labute approximate surface area is 84.6 Å². The van der Waals surface area contributed by atoms with Crippen LogP contribution in [0.2, 0.25) is 0 Å². The number of rotatable bonds is 4. The first-order valence-corrected chi connectivity index (χ1v) is 4.94. The zero-order valence-electron chi connectivity index (χ0n) is 8.66. The van der Waals surface area contributed by atoms with Crippen LogP contribution in [0.25, 0.3) is 0 Å². The van der Waals surface area contributed by atoms with E-state index >= 15 is 0 Å². The molecule has 1 atom stereocenters. The summed E-state index contributed by atoms with van der Waals surface area (Å²) in [5.74, 6) is 0.0886. The van der Waals surface area contributed by atoms with Crippen molar-refractivity contribution in [2.45, 2.75) is 32.7 Å². The van der Waals surface area contributed by atoms with Gasteiger partial charge in [0.1, 0.15) is 0 Å². The van der Waals surface area contributed by atoms with E-state index in [1.165, 1.54) is 0 Å². The quantitative estimate of drug-likeness (QED) is 0.793. The standard InChI is InChI=1S/C11H16N2O/c1-3-6-11(14)13-9(2)10-7-4-5-8-12-10/h4-5,7-9H,3,6H2,1-2H3,(H,13,14)/t9-/m0/s1. The van der Waals surface area contributed by atoms with Crippen molar-refractivity contribution >= 4 is 5.91 Å². The molecule has 0 aliphatic heterocycles. The summed E-state index contributed by atoms with van der Waals surface area (Å²) in [6, 6.07) is 5.70. The van der Waals surface area contributed by atoms with Crippen molar-refractivity contribution in [2.24, 2.45) is 0 Å². The largest absolute Gasteiger partial charge is 0.348 e. The number of hydrogen-bond donors (Lipinski definition) is 1. The highest BCUT2D eigenvalue weighted by Crippen LogP contribution is 2.07. The predicted octanol–water partition coefficient (Wildman–Crippen LogP) is 2.06. The first kappa shape index (κ1) is 10.7. The molecule has 3 heteroatoms. The van der Waals surface area contributed by atoms with Crippen molar-refractivity contribution < 1.29 is 4.79 Å². The second kappa shape index (κ2) is 5.37. The van der Waals surface area contributed by atoms with Crippen LogP contribution in [0, 0.1) is 0 Å². The fourth-order valence-corrected chi connectivity index (χ4v) is 1.25. The average molecular weight is 192 g/mol. The Balaban J connectivity index is 2.50. The zero-order chi connectivity index (χ0) is 10.4. The smallest absolute Gasteiger partial charge is 0.220 e. The topological polar surface area (TPSA) is 42.0 Å². The molecule has 1 heterocycles. The lowest BCUT2D eigenvalue weighted by Crippen LogP contribution is -2.26. The SMILES string of the molecule is CCCC(=O)N[C@@H](C)c1ccccn1. The van der Waals surface area contributed by atoms with Crippen molar-refractivity contribution in [3.05, 3.63) is 30.1 Å². The van der Waals surface area contributed by atoms with E-state index < -0.39 is 0 Å². The fraction of sp³-hybridized carbons (Fsp3) is 0.455. The molecular weight excluding hydrogens is 176 g/mol. The van der Waals surface area contributed by atoms with Crippen molar-refractivity contribution in [3.63, 3.8) is 0 Å². The van der Waals surface area contributed by atoms with E-state index in [9.17, 15) is 4.79 Å². The Hall–Kier alpha value is -1.38. The Kier molecular flexibility index (Phi) is 4.11. The minimum atomic E-state index is -0.00440. The lowest BCUT2D eigenvalue weighted by atomic mass is 10.2. The molecule has 76 valence electrons. The summed E-state index contributed by atoms with van der Waals surface area (Å²) in [5.41, 5.74) is 0.900. The Bertz CT molecular complexity index is 285. The van der Waals surface area contributed by atoms with Crippen LogP contribution in [0.15, 0.2) is 24.4 Å². The number of aromatic nitrogens is 1. The third-order valence-electron chi connectivity index (χ3n) is 1.99. The maximum absolute atomic E-state index is 11.3. The number of amides is 1. The first-order chi connectivity index (χ1) is 6.74. The molecule has 0 aliphatic carbocycles. The van der Waals surface area contributed by atoms with Gasteiger partial charge in [0, 0.05) is 12.6 Å². The van der Waals surface area contributed by atoms with Crippen LogP contribution in [0.4, 0.5) is 0 Å². The number of nitrogens with one attached hydrogen (secondary N) is 1.